The first kappa shape index (κ1) is 21.5. The van der Waals surface area contributed by atoms with Crippen molar-refractivity contribution >= 4 is 0 Å². The Morgan fingerprint density at radius 3 is 2.50 bits per heavy atom. The molecule has 0 saturated heterocycles. The lowest BCUT2D eigenvalue weighted by molar-refractivity contribution is -0.159. The van der Waals surface area contributed by atoms with Crippen LogP contribution in [-0.2, 0) is 4.74 Å². The lowest BCUT2D eigenvalue weighted by Gasteiger charge is -2.60. The van der Waals surface area contributed by atoms with Gasteiger partial charge in [0.1, 0.15) is 0 Å². The summed E-state index contributed by atoms with van der Waals surface area (Å²) in [6.45, 7) is 12.5. The average Bonchev–Trinajstić information content (AvgIpc) is 3.24. The standard InChI is InChI=1S/C29H48O/c1-7-20(19(2)3)9-8-10-21-11-12-24-23-17-26(30-6)29-18-22(29)13-16-28(29,5)25(23)14-15-27(21,24)4/h8-9,19-26H,7,10-18H2,1-6H3/b9-8+. The molecule has 10 atom stereocenters. The van der Waals surface area contributed by atoms with Gasteiger partial charge in [0.15, 0.2) is 0 Å². The van der Waals surface area contributed by atoms with Gasteiger partial charge in [-0.3, -0.25) is 0 Å². The summed E-state index contributed by atoms with van der Waals surface area (Å²) in [4.78, 5) is 0. The number of fused-ring (bicyclic) bond motifs is 4. The highest BCUT2D eigenvalue weighted by molar-refractivity contribution is 5.26. The maximum absolute atomic E-state index is 6.29. The van der Waals surface area contributed by atoms with Crippen LogP contribution >= 0.6 is 0 Å². The highest BCUT2D eigenvalue weighted by Gasteiger charge is 2.77. The number of methoxy groups -OCH3 is 1. The van der Waals surface area contributed by atoms with E-state index in [1.165, 1.54) is 64.2 Å². The molecule has 0 aromatic heterocycles. The van der Waals surface area contributed by atoms with Gasteiger partial charge in [0.05, 0.1) is 6.10 Å². The summed E-state index contributed by atoms with van der Waals surface area (Å²) in [6, 6.07) is 0. The zero-order valence-corrected chi connectivity index (χ0v) is 20.8. The van der Waals surface area contributed by atoms with Crippen molar-refractivity contribution in [1.29, 1.82) is 0 Å². The van der Waals surface area contributed by atoms with Crippen LogP contribution in [0.25, 0.3) is 0 Å². The van der Waals surface area contributed by atoms with Crippen LogP contribution in [0.1, 0.15) is 98.8 Å². The fourth-order valence-electron chi connectivity index (χ4n) is 10.3. The molecular formula is C29H48O. The van der Waals surface area contributed by atoms with Gasteiger partial charge in [-0.2, -0.15) is 0 Å². The molecule has 10 unspecified atom stereocenters. The molecule has 5 aliphatic carbocycles. The number of hydrogen-bond donors (Lipinski definition) is 0. The first-order valence-electron chi connectivity index (χ1n) is 13.5. The highest BCUT2D eigenvalue weighted by atomic mass is 16.5. The summed E-state index contributed by atoms with van der Waals surface area (Å²) in [5.74, 6) is 6.29. The minimum atomic E-state index is 0.550. The number of ether oxygens (including phenoxy) is 1. The minimum Gasteiger partial charge on any atom is -0.381 e. The Hall–Kier alpha value is -0.300. The van der Waals surface area contributed by atoms with Crippen molar-refractivity contribution in [3.8, 4) is 0 Å². The minimum absolute atomic E-state index is 0.550. The molecule has 1 heteroatoms. The van der Waals surface area contributed by atoms with Crippen molar-refractivity contribution < 1.29 is 4.74 Å². The summed E-state index contributed by atoms with van der Waals surface area (Å²) in [6.07, 6.45) is 20.1. The van der Waals surface area contributed by atoms with Gasteiger partial charge in [-0.05, 0) is 116 Å². The summed E-state index contributed by atoms with van der Waals surface area (Å²) in [5.41, 5.74) is 1.72. The smallest absolute Gasteiger partial charge is 0.0638 e. The largest absolute Gasteiger partial charge is 0.381 e. The van der Waals surface area contributed by atoms with E-state index in [2.05, 4.69) is 46.8 Å². The monoisotopic (exact) mass is 412 g/mol. The van der Waals surface area contributed by atoms with Crippen LogP contribution in [0, 0.1) is 57.7 Å². The van der Waals surface area contributed by atoms with Gasteiger partial charge in [0.2, 0.25) is 0 Å². The fraction of sp³-hybridized carbons (Fsp3) is 0.931. The van der Waals surface area contributed by atoms with Gasteiger partial charge in [-0.25, -0.2) is 0 Å². The molecule has 0 heterocycles. The maximum Gasteiger partial charge on any atom is 0.0638 e. The summed E-state index contributed by atoms with van der Waals surface area (Å²) in [5, 5.41) is 0. The predicted octanol–water partition coefficient (Wildman–Crippen LogP) is 7.90. The molecule has 0 N–H and O–H groups in total. The molecular weight excluding hydrogens is 364 g/mol. The molecule has 5 fully saturated rings. The maximum atomic E-state index is 6.29. The molecule has 170 valence electrons. The molecule has 30 heavy (non-hydrogen) atoms. The Morgan fingerprint density at radius 1 is 1.03 bits per heavy atom. The fourth-order valence-corrected chi connectivity index (χ4v) is 10.3. The molecule has 1 spiro atoms. The Kier molecular flexibility index (Phi) is 5.28. The molecule has 0 aromatic rings. The third-order valence-electron chi connectivity index (χ3n) is 12.2. The summed E-state index contributed by atoms with van der Waals surface area (Å²) < 4.78 is 6.29. The van der Waals surface area contributed by atoms with Crippen molar-refractivity contribution in [3.63, 3.8) is 0 Å². The second kappa shape index (κ2) is 7.36. The SMILES string of the molecule is CCC(/C=C/CC1CCC2C3CC(OC)C45CC4CCC5(C)C3CCC12C)C(C)C. The van der Waals surface area contributed by atoms with Crippen molar-refractivity contribution in [2.24, 2.45) is 57.7 Å². The van der Waals surface area contributed by atoms with E-state index < -0.39 is 0 Å². The molecule has 0 amide bonds. The van der Waals surface area contributed by atoms with E-state index in [9.17, 15) is 0 Å². The van der Waals surface area contributed by atoms with Gasteiger partial charge in [-0.1, -0.05) is 46.8 Å². The van der Waals surface area contributed by atoms with Gasteiger partial charge in [0.25, 0.3) is 0 Å². The lowest BCUT2D eigenvalue weighted by Crippen LogP contribution is -2.56. The van der Waals surface area contributed by atoms with Gasteiger partial charge >= 0.3 is 0 Å². The zero-order chi connectivity index (χ0) is 21.3. The van der Waals surface area contributed by atoms with Gasteiger partial charge < -0.3 is 4.74 Å². The van der Waals surface area contributed by atoms with Crippen LogP contribution in [0.15, 0.2) is 12.2 Å². The van der Waals surface area contributed by atoms with E-state index in [0.717, 1.165) is 41.4 Å². The van der Waals surface area contributed by atoms with E-state index >= 15 is 0 Å². The average molecular weight is 413 g/mol. The van der Waals surface area contributed by atoms with Crippen LogP contribution in [0.4, 0.5) is 0 Å². The van der Waals surface area contributed by atoms with Crippen molar-refractivity contribution in [3.05, 3.63) is 12.2 Å². The van der Waals surface area contributed by atoms with E-state index in [0.29, 0.717) is 22.3 Å². The molecule has 5 saturated carbocycles. The molecule has 0 aromatic carbocycles. The van der Waals surface area contributed by atoms with Gasteiger partial charge in [-0.15, -0.1) is 0 Å². The highest BCUT2D eigenvalue weighted by Crippen LogP contribution is 2.82. The second-order valence-electron chi connectivity index (χ2n) is 13.0. The van der Waals surface area contributed by atoms with Crippen LogP contribution in [0.3, 0.4) is 0 Å². The Bertz CT molecular complexity index is 680. The predicted molar refractivity (Wildman–Crippen MR) is 126 cm³/mol. The quantitative estimate of drug-likeness (QED) is 0.403. The van der Waals surface area contributed by atoms with Crippen LogP contribution in [0.5, 0.6) is 0 Å². The summed E-state index contributed by atoms with van der Waals surface area (Å²) in [7, 11) is 2.02. The normalized spacial score (nSPS) is 52.8. The Labute approximate surface area is 186 Å². The third-order valence-corrected chi connectivity index (χ3v) is 12.2. The lowest BCUT2D eigenvalue weighted by atomic mass is 9.45. The van der Waals surface area contributed by atoms with Crippen LogP contribution in [-0.4, -0.2) is 13.2 Å². The topological polar surface area (TPSA) is 9.23 Å². The molecule has 0 bridgehead atoms. The molecule has 5 aliphatic rings. The molecule has 5 rings (SSSR count). The number of hydrogen-bond acceptors (Lipinski definition) is 1. The zero-order valence-electron chi connectivity index (χ0n) is 20.8. The molecule has 1 nitrogen and oxygen atoms in total. The second-order valence-corrected chi connectivity index (χ2v) is 13.0. The number of allylic oxidation sites excluding steroid dienone is 2. The Balaban J connectivity index is 1.34. The van der Waals surface area contributed by atoms with E-state index in [4.69, 9.17) is 4.74 Å². The summed E-state index contributed by atoms with van der Waals surface area (Å²) >= 11 is 0. The van der Waals surface area contributed by atoms with E-state index in [1.54, 1.807) is 0 Å². The first-order chi connectivity index (χ1) is 14.3. The van der Waals surface area contributed by atoms with E-state index in [-0.39, 0.29) is 0 Å². The third kappa shape index (κ3) is 2.75. The van der Waals surface area contributed by atoms with Crippen molar-refractivity contribution in [2.75, 3.05) is 7.11 Å². The van der Waals surface area contributed by atoms with Crippen molar-refractivity contribution in [2.45, 2.75) is 105 Å². The van der Waals surface area contributed by atoms with E-state index in [1.807, 2.05) is 7.11 Å². The number of rotatable bonds is 6. The van der Waals surface area contributed by atoms with Crippen LogP contribution in [0.2, 0.25) is 0 Å². The van der Waals surface area contributed by atoms with Gasteiger partial charge in [0, 0.05) is 12.5 Å². The molecule has 0 aliphatic heterocycles. The van der Waals surface area contributed by atoms with Crippen molar-refractivity contribution in [1.82, 2.24) is 0 Å². The molecule has 0 radical (unpaired) electrons. The first-order valence-corrected chi connectivity index (χ1v) is 13.5. The van der Waals surface area contributed by atoms with Crippen LogP contribution < -0.4 is 0 Å². The Morgan fingerprint density at radius 2 is 1.83 bits per heavy atom.